The van der Waals surface area contributed by atoms with Crippen molar-refractivity contribution in [3.05, 3.63) is 71.6 Å². The van der Waals surface area contributed by atoms with E-state index in [1.54, 1.807) is 12.1 Å². The van der Waals surface area contributed by atoms with Crippen LogP contribution in [0.15, 0.2) is 54.6 Å². The number of piperazine rings is 1. The van der Waals surface area contributed by atoms with Crippen molar-refractivity contribution < 1.29 is 18.7 Å². The molecule has 39 heavy (non-hydrogen) atoms. The molecule has 8 nitrogen and oxygen atoms in total. The molecule has 0 spiro atoms. The maximum Gasteiger partial charge on any atom is 0.236 e. The Morgan fingerprint density at radius 2 is 1.92 bits per heavy atom. The summed E-state index contributed by atoms with van der Waals surface area (Å²) in [5, 5.41) is 9.64. The summed E-state index contributed by atoms with van der Waals surface area (Å²) in [6.45, 7) is 6.61. The van der Waals surface area contributed by atoms with E-state index < -0.39 is 0 Å². The molecule has 3 heterocycles. The van der Waals surface area contributed by atoms with Crippen LogP contribution in [0.5, 0.6) is 5.75 Å². The van der Waals surface area contributed by atoms with Gasteiger partial charge in [-0.15, -0.1) is 0 Å². The highest BCUT2D eigenvalue weighted by Crippen LogP contribution is 2.29. The van der Waals surface area contributed by atoms with Gasteiger partial charge in [-0.05, 0) is 54.2 Å². The van der Waals surface area contributed by atoms with Crippen LogP contribution in [0.3, 0.4) is 0 Å². The van der Waals surface area contributed by atoms with Gasteiger partial charge in [-0.3, -0.25) is 9.59 Å². The Bertz CT molecular complexity index is 1180. The standard InChI is InChI=1S/C30H38FN5O3/c31-26-5-1-3-22(15-26)18-34-29(37)17-23-8-11-36-21-24(23)4-2-14-39-28-7-6-27(35-12-9-32-10-13-35)16-25(28)19-33-20-30(36)38/h1-7,15-16,23-24,32-33H,8-14,17-21H2,(H,34,37)/t23-,24-/m0/s1. The van der Waals surface area contributed by atoms with Crippen molar-refractivity contribution in [2.75, 3.05) is 57.3 Å². The minimum atomic E-state index is -0.313. The van der Waals surface area contributed by atoms with Gasteiger partial charge >= 0.3 is 0 Å². The highest BCUT2D eigenvalue weighted by atomic mass is 19.1. The molecule has 9 heteroatoms. The second-order valence-corrected chi connectivity index (χ2v) is 10.5. The van der Waals surface area contributed by atoms with E-state index in [1.807, 2.05) is 17.0 Å². The first-order valence-corrected chi connectivity index (χ1v) is 13.9. The van der Waals surface area contributed by atoms with Gasteiger partial charge in [-0.25, -0.2) is 4.39 Å². The number of nitrogens with zero attached hydrogens (tertiary/aromatic N) is 2. The fourth-order valence-electron chi connectivity index (χ4n) is 5.64. The molecule has 3 aliphatic heterocycles. The Hall–Kier alpha value is -3.43. The maximum absolute atomic E-state index is 13.5. The minimum Gasteiger partial charge on any atom is -0.489 e. The summed E-state index contributed by atoms with van der Waals surface area (Å²) in [4.78, 5) is 30.1. The first kappa shape index (κ1) is 27.1. The lowest BCUT2D eigenvalue weighted by molar-refractivity contribution is -0.132. The van der Waals surface area contributed by atoms with Crippen LogP contribution in [0.1, 0.15) is 24.0 Å². The monoisotopic (exact) mass is 535 g/mol. The predicted molar refractivity (Wildman–Crippen MR) is 149 cm³/mol. The molecule has 208 valence electrons. The van der Waals surface area contributed by atoms with Crippen LogP contribution < -0.4 is 25.6 Å². The number of carbonyl (C=O) groups is 2. The van der Waals surface area contributed by atoms with Crippen molar-refractivity contribution in [3.63, 3.8) is 0 Å². The molecule has 2 atom stereocenters. The molecule has 5 rings (SSSR count). The lowest BCUT2D eigenvalue weighted by Gasteiger charge is -2.37. The maximum atomic E-state index is 13.5. The van der Waals surface area contributed by atoms with Crippen molar-refractivity contribution in [1.82, 2.24) is 20.9 Å². The van der Waals surface area contributed by atoms with Gasteiger partial charge in [0.15, 0.2) is 0 Å². The van der Waals surface area contributed by atoms with E-state index in [-0.39, 0.29) is 36.0 Å². The zero-order chi connectivity index (χ0) is 27.0. The molecule has 2 aromatic rings. The van der Waals surface area contributed by atoms with Gasteiger partial charge in [0.05, 0.1) is 6.54 Å². The number of hydrogen-bond donors (Lipinski definition) is 3. The summed E-state index contributed by atoms with van der Waals surface area (Å²) in [6.07, 6.45) is 5.23. The lowest BCUT2D eigenvalue weighted by Crippen LogP contribution is -2.47. The number of rotatable bonds is 5. The number of hydrogen-bond acceptors (Lipinski definition) is 6. The first-order valence-electron chi connectivity index (χ1n) is 13.9. The number of nitrogens with one attached hydrogen (secondary N) is 3. The quantitative estimate of drug-likeness (QED) is 0.510. The van der Waals surface area contributed by atoms with E-state index in [9.17, 15) is 14.0 Å². The molecule has 0 unspecified atom stereocenters. The summed E-state index contributed by atoms with van der Waals surface area (Å²) in [5.41, 5.74) is 2.94. The normalized spacial score (nSPS) is 22.1. The Balaban J connectivity index is 1.23. The van der Waals surface area contributed by atoms with E-state index >= 15 is 0 Å². The summed E-state index contributed by atoms with van der Waals surface area (Å²) < 4.78 is 19.6. The zero-order valence-electron chi connectivity index (χ0n) is 22.3. The van der Waals surface area contributed by atoms with Crippen LogP contribution in [0.25, 0.3) is 0 Å². The second kappa shape index (κ2) is 13.1. The van der Waals surface area contributed by atoms with E-state index in [0.717, 1.165) is 49.5 Å². The number of benzene rings is 2. The first-order chi connectivity index (χ1) is 19.0. The zero-order valence-corrected chi connectivity index (χ0v) is 22.3. The van der Waals surface area contributed by atoms with Crippen molar-refractivity contribution in [3.8, 4) is 5.75 Å². The van der Waals surface area contributed by atoms with Gasteiger partial charge in [0.25, 0.3) is 0 Å². The highest BCUT2D eigenvalue weighted by Gasteiger charge is 2.31. The number of fused-ring (bicyclic) bond motifs is 3. The summed E-state index contributed by atoms with van der Waals surface area (Å²) in [7, 11) is 0. The van der Waals surface area contributed by atoms with Gasteiger partial charge < -0.3 is 30.5 Å². The summed E-state index contributed by atoms with van der Waals surface area (Å²) in [6, 6.07) is 12.6. The van der Waals surface area contributed by atoms with E-state index in [0.29, 0.717) is 39.2 Å². The number of anilines is 1. The molecule has 0 aromatic heterocycles. The Morgan fingerprint density at radius 1 is 1.05 bits per heavy atom. The molecule has 3 aliphatic rings. The van der Waals surface area contributed by atoms with Crippen molar-refractivity contribution in [1.29, 1.82) is 0 Å². The average Bonchev–Trinajstić information content (AvgIpc) is 2.96. The van der Waals surface area contributed by atoms with E-state index in [4.69, 9.17) is 4.74 Å². The van der Waals surface area contributed by atoms with Crippen molar-refractivity contribution in [2.45, 2.75) is 25.9 Å². The molecule has 2 fully saturated rings. The highest BCUT2D eigenvalue weighted by molar-refractivity contribution is 5.79. The number of carbonyl (C=O) groups excluding carboxylic acids is 2. The van der Waals surface area contributed by atoms with Gasteiger partial charge in [0, 0.05) is 70.0 Å². The molecule has 2 bridgehead atoms. The van der Waals surface area contributed by atoms with Crippen LogP contribution in [0.2, 0.25) is 0 Å². The van der Waals surface area contributed by atoms with Gasteiger partial charge in [0.2, 0.25) is 11.8 Å². The molecular formula is C30H38FN5O3. The Kier molecular flexibility index (Phi) is 9.11. The third kappa shape index (κ3) is 7.36. The Labute approximate surface area is 229 Å². The van der Waals surface area contributed by atoms with Crippen LogP contribution in [0, 0.1) is 17.7 Å². The molecule has 2 saturated heterocycles. The van der Waals surface area contributed by atoms with E-state index in [2.05, 4.69) is 39.1 Å². The molecule has 3 N–H and O–H groups in total. The third-order valence-electron chi connectivity index (χ3n) is 7.82. The molecular weight excluding hydrogens is 497 g/mol. The van der Waals surface area contributed by atoms with Gasteiger partial charge in [0.1, 0.15) is 18.2 Å². The van der Waals surface area contributed by atoms with Crippen LogP contribution >= 0.6 is 0 Å². The molecule has 0 saturated carbocycles. The number of amides is 2. The lowest BCUT2D eigenvalue weighted by atomic mass is 9.82. The van der Waals surface area contributed by atoms with E-state index in [1.165, 1.54) is 17.8 Å². The third-order valence-corrected chi connectivity index (χ3v) is 7.82. The van der Waals surface area contributed by atoms with Gasteiger partial charge in [-0.1, -0.05) is 24.3 Å². The fourth-order valence-corrected chi connectivity index (χ4v) is 5.64. The number of ether oxygens (including phenoxy) is 1. The average molecular weight is 536 g/mol. The van der Waals surface area contributed by atoms with Crippen molar-refractivity contribution in [2.24, 2.45) is 11.8 Å². The topological polar surface area (TPSA) is 85.9 Å². The molecule has 0 aliphatic carbocycles. The molecule has 0 radical (unpaired) electrons. The number of halogens is 1. The fraction of sp³-hybridized carbons (Fsp3) is 0.467. The van der Waals surface area contributed by atoms with Gasteiger partial charge in [-0.2, -0.15) is 0 Å². The van der Waals surface area contributed by atoms with Crippen LogP contribution in [-0.4, -0.2) is 69.1 Å². The largest absolute Gasteiger partial charge is 0.489 e. The Morgan fingerprint density at radius 3 is 2.77 bits per heavy atom. The van der Waals surface area contributed by atoms with Crippen LogP contribution in [-0.2, 0) is 22.7 Å². The second-order valence-electron chi connectivity index (χ2n) is 10.5. The van der Waals surface area contributed by atoms with Crippen molar-refractivity contribution >= 4 is 17.5 Å². The minimum absolute atomic E-state index is 0.0570. The van der Waals surface area contributed by atoms with Crippen LogP contribution in [0.4, 0.5) is 10.1 Å². The smallest absolute Gasteiger partial charge is 0.236 e. The number of piperidine rings is 1. The summed E-state index contributed by atoms with van der Waals surface area (Å²) >= 11 is 0. The predicted octanol–water partition coefficient (Wildman–Crippen LogP) is 2.44. The SMILES string of the molecule is O=C(C[C@@H]1CCN2C[C@@H]1C=CCOc1ccc(N3CCNCC3)cc1CNCC2=O)NCc1cccc(F)c1. The molecule has 2 aromatic carbocycles. The summed E-state index contributed by atoms with van der Waals surface area (Å²) in [5.74, 6) is 0.683. The molecule has 2 amide bonds.